The van der Waals surface area contributed by atoms with Crippen LogP contribution in [0.25, 0.3) is 0 Å². The number of rotatable bonds is 5. The van der Waals surface area contributed by atoms with E-state index >= 15 is 0 Å². The van der Waals surface area contributed by atoms with E-state index in [9.17, 15) is 4.79 Å². The Bertz CT molecular complexity index is 390. The first-order chi connectivity index (χ1) is 8.29. The summed E-state index contributed by atoms with van der Waals surface area (Å²) in [6.07, 6.45) is 0. The van der Waals surface area contributed by atoms with Crippen LogP contribution < -0.4 is 14.8 Å². The average Bonchev–Trinajstić information content (AvgIpc) is 2.31. The van der Waals surface area contributed by atoms with Crippen molar-refractivity contribution in [3.8, 4) is 11.5 Å². The molecule has 0 bridgehead atoms. The maximum atomic E-state index is 11.5. The lowest BCUT2D eigenvalue weighted by molar-refractivity contribution is -0.127. The molecule has 1 aromatic carbocycles. The van der Waals surface area contributed by atoms with Crippen molar-refractivity contribution in [2.45, 2.75) is 6.04 Å². The number of ether oxygens (including phenoxy) is 3. The second-order valence-corrected chi connectivity index (χ2v) is 3.74. The summed E-state index contributed by atoms with van der Waals surface area (Å²) in [6.45, 7) is 1.15. The van der Waals surface area contributed by atoms with Gasteiger partial charge in [0, 0.05) is 0 Å². The largest absolute Gasteiger partial charge is 0.493 e. The van der Waals surface area contributed by atoms with Gasteiger partial charge in [0.1, 0.15) is 0 Å². The number of para-hydroxylation sites is 2. The number of amides is 1. The topological polar surface area (TPSA) is 56.8 Å². The highest BCUT2D eigenvalue weighted by atomic mass is 16.5. The minimum Gasteiger partial charge on any atom is -0.493 e. The van der Waals surface area contributed by atoms with Crippen LogP contribution in [0.2, 0.25) is 0 Å². The zero-order valence-electron chi connectivity index (χ0n) is 9.64. The number of benzene rings is 1. The van der Waals surface area contributed by atoms with Gasteiger partial charge in [-0.15, -0.1) is 0 Å². The summed E-state index contributed by atoms with van der Waals surface area (Å²) >= 11 is 0. The van der Waals surface area contributed by atoms with Gasteiger partial charge < -0.3 is 19.5 Å². The van der Waals surface area contributed by atoms with Crippen LogP contribution in [-0.4, -0.2) is 38.9 Å². The molecule has 1 amide bonds. The molecule has 5 nitrogen and oxygen atoms in total. The van der Waals surface area contributed by atoms with Crippen molar-refractivity contribution in [3.63, 3.8) is 0 Å². The van der Waals surface area contributed by atoms with Crippen molar-refractivity contribution >= 4 is 5.91 Å². The van der Waals surface area contributed by atoms with E-state index in [1.54, 1.807) is 19.2 Å². The Morgan fingerprint density at radius 2 is 2.12 bits per heavy atom. The van der Waals surface area contributed by atoms with Gasteiger partial charge in [-0.3, -0.25) is 4.79 Å². The van der Waals surface area contributed by atoms with Gasteiger partial charge in [-0.1, -0.05) is 12.1 Å². The monoisotopic (exact) mass is 237 g/mol. The highest BCUT2D eigenvalue weighted by Gasteiger charge is 2.20. The maximum Gasteiger partial charge on any atom is 0.258 e. The molecule has 0 saturated carbocycles. The Kier molecular flexibility index (Phi) is 3.82. The zero-order valence-corrected chi connectivity index (χ0v) is 9.64. The van der Waals surface area contributed by atoms with Crippen LogP contribution in [-0.2, 0) is 9.53 Å². The second-order valence-electron chi connectivity index (χ2n) is 3.74. The molecule has 92 valence electrons. The van der Waals surface area contributed by atoms with Gasteiger partial charge in [-0.25, -0.2) is 0 Å². The Labute approximate surface area is 99.7 Å². The second kappa shape index (κ2) is 5.54. The Balaban J connectivity index is 1.81. The van der Waals surface area contributed by atoms with E-state index in [-0.39, 0.29) is 18.6 Å². The molecular formula is C12H15NO4. The van der Waals surface area contributed by atoms with Gasteiger partial charge >= 0.3 is 0 Å². The molecule has 5 heteroatoms. The molecule has 17 heavy (non-hydrogen) atoms. The Morgan fingerprint density at radius 1 is 1.41 bits per heavy atom. The van der Waals surface area contributed by atoms with Crippen molar-refractivity contribution in [1.29, 1.82) is 0 Å². The summed E-state index contributed by atoms with van der Waals surface area (Å²) in [4.78, 5) is 11.5. The number of nitrogens with one attached hydrogen (secondary N) is 1. The fourth-order valence-electron chi connectivity index (χ4n) is 1.47. The van der Waals surface area contributed by atoms with Gasteiger partial charge in [0.15, 0.2) is 18.1 Å². The third kappa shape index (κ3) is 3.10. The molecule has 0 atom stereocenters. The normalized spacial score (nSPS) is 14.9. The summed E-state index contributed by atoms with van der Waals surface area (Å²) in [5.74, 6) is 1.03. The summed E-state index contributed by atoms with van der Waals surface area (Å²) in [6, 6.07) is 7.35. The van der Waals surface area contributed by atoms with E-state index in [1.807, 2.05) is 12.1 Å². The lowest BCUT2D eigenvalue weighted by Crippen LogP contribution is -2.49. The first-order valence-corrected chi connectivity index (χ1v) is 5.42. The van der Waals surface area contributed by atoms with Crippen LogP contribution in [0.15, 0.2) is 24.3 Å². The Morgan fingerprint density at radius 3 is 2.71 bits per heavy atom. The third-order valence-corrected chi connectivity index (χ3v) is 2.43. The smallest absolute Gasteiger partial charge is 0.258 e. The minimum atomic E-state index is -0.149. The standard InChI is InChI=1S/C12H15NO4/c1-15-10-4-2-3-5-11(10)17-8-12(14)13-9-6-16-7-9/h2-5,9H,6-8H2,1H3,(H,13,14). The van der Waals surface area contributed by atoms with Gasteiger partial charge in [0.25, 0.3) is 5.91 Å². The number of carbonyl (C=O) groups is 1. The summed E-state index contributed by atoms with van der Waals surface area (Å²) in [5, 5.41) is 2.79. The molecule has 2 rings (SSSR count). The fourth-order valence-corrected chi connectivity index (χ4v) is 1.47. The molecule has 0 unspecified atom stereocenters. The van der Waals surface area contributed by atoms with E-state index in [4.69, 9.17) is 14.2 Å². The lowest BCUT2D eigenvalue weighted by Gasteiger charge is -2.26. The van der Waals surface area contributed by atoms with Crippen molar-refractivity contribution in [2.24, 2.45) is 0 Å². The predicted octanol–water partition coefficient (Wildman–Crippen LogP) is 0.589. The highest BCUT2D eigenvalue weighted by Crippen LogP contribution is 2.25. The quantitative estimate of drug-likeness (QED) is 0.814. The molecule has 1 aliphatic heterocycles. The predicted molar refractivity (Wildman–Crippen MR) is 61.2 cm³/mol. The van der Waals surface area contributed by atoms with Crippen LogP contribution in [0, 0.1) is 0 Å². The first kappa shape index (κ1) is 11.7. The molecule has 0 radical (unpaired) electrons. The van der Waals surface area contributed by atoms with E-state index in [2.05, 4.69) is 5.32 Å². The molecule has 0 aromatic heterocycles. The summed E-state index contributed by atoms with van der Waals surface area (Å²) < 4.78 is 15.5. The van der Waals surface area contributed by atoms with Gasteiger partial charge in [0.2, 0.25) is 0 Å². The van der Waals surface area contributed by atoms with E-state index < -0.39 is 0 Å². The van der Waals surface area contributed by atoms with E-state index in [0.29, 0.717) is 24.7 Å². The van der Waals surface area contributed by atoms with E-state index in [0.717, 1.165) is 0 Å². The zero-order chi connectivity index (χ0) is 12.1. The van der Waals surface area contributed by atoms with Crippen LogP contribution in [0.5, 0.6) is 11.5 Å². The van der Waals surface area contributed by atoms with Crippen LogP contribution >= 0.6 is 0 Å². The minimum absolute atomic E-state index is 0.0170. The van der Waals surface area contributed by atoms with Crippen molar-refractivity contribution in [3.05, 3.63) is 24.3 Å². The van der Waals surface area contributed by atoms with Crippen molar-refractivity contribution in [1.82, 2.24) is 5.32 Å². The molecule has 1 heterocycles. The first-order valence-electron chi connectivity index (χ1n) is 5.42. The lowest BCUT2D eigenvalue weighted by atomic mass is 10.2. The molecule has 1 N–H and O–H groups in total. The van der Waals surface area contributed by atoms with Crippen LogP contribution in [0.3, 0.4) is 0 Å². The van der Waals surface area contributed by atoms with Gasteiger partial charge in [0.05, 0.1) is 26.4 Å². The van der Waals surface area contributed by atoms with Crippen molar-refractivity contribution in [2.75, 3.05) is 26.9 Å². The molecule has 1 aliphatic rings. The van der Waals surface area contributed by atoms with Crippen LogP contribution in [0.1, 0.15) is 0 Å². The number of methoxy groups -OCH3 is 1. The molecule has 1 aromatic rings. The Hall–Kier alpha value is -1.75. The molecule has 1 saturated heterocycles. The molecular weight excluding hydrogens is 222 g/mol. The molecule has 0 aliphatic carbocycles. The summed E-state index contributed by atoms with van der Waals surface area (Å²) in [7, 11) is 1.56. The highest BCUT2D eigenvalue weighted by molar-refractivity contribution is 5.78. The average molecular weight is 237 g/mol. The molecule has 0 spiro atoms. The maximum absolute atomic E-state index is 11.5. The third-order valence-electron chi connectivity index (χ3n) is 2.43. The fraction of sp³-hybridized carbons (Fsp3) is 0.417. The SMILES string of the molecule is COc1ccccc1OCC(=O)NC1COC1. The number of hydrogen-bond acceptors (Lipinski definition) is 4. The molecule has 1 fully saturated rings. The van der Waals surface area contributed by atoms with Crippen LogP contribution in [0.4, 0.5) is 0 Å². The van der Waals surface area contributed by atoms with E-state index in [1.165, 1.54) is 0 Å². The summed E-state index contributed by atoms with van der Waals surface area (Å²) in [5.41, 5.74) is 0. The van der Waals surface area contributed by atoms with Gasteiger partial charge in [-0.2, -0.15) is 0 Å². The number of hydrogen-bond donors (Lipinski definition) is 1. The van der Waals surface area contributed by atoms with Crippen molar-refractivity contribution < 1.29 is 19.0 Å². The van der Waals surface area contributed by atoms with Gasteiger partial charge in [-0.05, 0) is 12.1 Å². The number of carbonyl (C=O) groups excluding carboxylic acids is 1.